The normalized spacial score (nSPS) is 24.2. The number of aliphatic hydroxyl groups excluding tert-OH is 1. The number of piperidine rings is 1. The average molecular weight is 712 g/mol. The van der Waals surface area contributed by atoms with E-state index < -0.39 is 17.7 Å². The van der Waals surface area contributed by atoms with Gasteiger partial charge in [0.15, 0.2) is 5.82 Å². The quantitative estimate of drug-likeness (QED) is 0.199. The molecule has 3 fully saturated rings. The number of ether oxygens (including phenoxy) is 2. The second-order valence-corrected chi connectivity index (χ2v) is 15.7. The molecule has 3 aromatic carbocycles. The number of halogens is 2. The third-order valence-electron chi connectivity index (χ3n) is 12.6. The monoisotopic (exact) mass is 711 g/mol. The number of fused-ring (bicyclic) bond motifs is 2. The van der Waals surface area contributed by atoms with Crippen molar-refractivity contribution in [1.29, 1.82) is 0 Å². The van der Waals surface area contributed by atoms with Crippen LogP contribution in [0.15, 0.2) is 30.3 Å². The van der Waals surface area contributed by atoms with Gasteiger partial charge in [-0.2, -0.15) is 9.97 Å². The van der Waals surface area contributed by atoms with Gasteiger partial charge in [-0.1, -0.05) is 18.4 Å². The van der Waals surface area contributed by atoms with Crippen LogP contribution in [0.4, 0.5) is 14.6 Å². The summed E-state index contributed by atoms with van der Waals surface area (Å²) in [5.41, 5.74) is 0.0425. The number of rotatable bonds is 8. The minimum Gasteiger partial charge on any atom is -0.508 e. The summed E-state index contributed by atoms with van der Waals surface area (Å²) < 4.78 is 45.7. The van der Waals surface area contributed by atoms with Crippen molar-refractivity contribution in [3.8, 4) is 41.0 Å². The van der Waals surface area contributed by atoms with Crippen LogP contribution in [0.5, 0.6) is 17.5 Å². The maximum Gasteiger partial charge on any atom is 0.319 e. The predicted molar refractivity (Wildman–Crippen MR) is 198 cm³/mol. The van der Waals surface area contributed by atoms with Crippen molar-refractivity contribution in [1.82, 2.24) is 19.8 Å². The Morgan fingerprint density at radius 1 is 1.02 bits per heavy atom. The van der Waals surface area contributed by atoms with E-state index in [0.29, 0.717) is 48.7 Å². The van der Waals surface area contributed by atoms with Gasteiger partial charge in [-0.25, -0.2) is 8.78 Å². The molecule has 1 unspecified atom stereocenters. The van der Waals surface area contributed by atoms with Gasteiger partial charge in [0.2, 0.25) is 0 Å². The predicted octanol–water partition coefficient (Wildman–Crippen LogP) is 6.49. The van der Waals surface area contributed by atoms with Gasteiger partial charge in [0.25, 0.3) is 0 Å². The van der Waals surface area contributed by atoms with Gasteiger partial charge in [-0.15, -0.1) is 6.42 Å². The number of likely N-dealkylation sites (tertiary alicyclic amines) is 1. The zero-order valence-corrected chi connectivity index (χ0v) is 30.2. The van der Waals surface area contributed by atoms with E-state index >= 15 is 8.78 Å². The largest absolute Gasteiger partial charge is 0.508 e. The molecule has 274 valence electrons. The van der Waals surface area contributed by atoms with E-state index in [1.807, 2.05) is 0 Å². The number of benzene rings is 3. The van der Waals surface area contributed by atoms with Crippen LogP contribution in [0.25, 0.3) is 32.8 Å². The van der Waals surface area contributed by atoms with Crippen LogP contribution in [-0.4, -0.2) is 102 Å². The van der Waals surface area contributed by atoms with Crippen molar-refractivity contribution >= 4 is 27.5 Å². The van der Waals surface area contributed by atoms with E-state index in [2.05, 4.69) is 41.8 Å². The molecule has 8 rings (SSSR count). The van der Waals surface area contributed by atoms with Crippen LogP contribution in [0, 0.1) is 29.4 Å². The number of hydrogen-bond acceptors (Lipinski definition) is 9. The summed E-state index contributed by atoms with van der Waals surface area (Å²) in [5.74, 6) is 1.76. The number of terminal acetylenes is 1. The van der Waals surface area contributed by atoms with Crippen molar-refractivity contribution in [2.24, 2.45) is 5.41 Å². The van der Waals surface area contributed by atoms with Gasteiger partial charge < -0.3 is 34.4 Å². The fourth-order valence-electron chi connectivity index (χ4n) is 9.57. The van der Waals surface area contributed by atoms with Crippen molar-refractivity contribution in [2.45, 2.75) is 75.5 Å². The summed E-state index contributed by atoms with van der Waals surface area (Å²) in [5, 5.41) is 22.4. The minimum atomic E-state index is -0.698. The van der Waals surface area contributed by atoms with E-state index in [0.717, 1.165) is 57.9 Å². The van der Waals surface area contributed by atoms with Crippen LogP contribution in [0.2, 0.25) is 0 Å². The molecule has 4 aromatic rings. The molecule has 4 aliphatic rings. The molecule has 0 radical (unpaired) electrons. The second kappa shape index (κ2) is 13.3. The number of likely N-dealkylation sites (N-methyl/N-ethyl adjacent to an activating group) is 1. The summed E-state index contributed by atoms with van der Waals surface area (Å²) >= 11 is 0. The zero-order valence-electron chi connectivity index (χ0n) is 30.2. The molecule has 0 bridgehead atoms. The number of anilines is 1. The van der Waals surface area contributed by atoms with Crippen LogP contribution in [0.3, 0.4) is 0 Å². The van der Waals surface area contributed by atoms with Gasteiger partial charge in [0, 0.05) is 47.5 Å². The lowest BCUT2D eigenvalue weighted by molar-refractivity contribution is 0.0133. The molecule has 52 heavy (non-hydrogen) atoms. The first-order valence-corrected chi connectivity index (χ1v) is 18.6. The summed E-state index contributed by atoms with van der Waals surface area (Å²) in [7, 11) is 6.38. The van der Waals surface area contributed by atoms with E-state index in [-0.39, 0.29) is 62.7 Å². The molecule has 1 saturated heterocycles. The molecule has 2 aliphatic carbocycles. The summed E-state index contributed by atoms with van der Waals surface area (Å²) in [6.07, 6.45) is 14.3. The Kier molecular flexibility index (Phi) is 8.92. The maximum atomic E-state index is 17.5. The third kappa shape index (κ3) is 5.71. The molecule has 9 nitrogen and oxygen atoms in total. The molecule has 0 spiro atoms. The molecule has 0 amide bonds. The zero-order chi connectivity index (χ0) is 36.4. The number of hydrogen-bond donors (Lipinski definition) is 2. The molecule has 2 saturated carbocycles. The Balaban J connectivity index is 1.35. The highest BCUT2D eigenvalue weighted by molar-refractivity contribution is 6.05. The number of phenolic OH excluding ortho intramolecular Hbond substituents is 1. The Morgan fingerprint density at radius 3 is 2.56 bits per heavy atom. The molecule has 3 atom stereocenters. The SMILES string of the molecule is C#Cc1c(F)ccc2cc(O)cc(-c3cc4c5c(nc(OC[C@]67CCC[C@H]6N(C)CCC7)nc5c3F)N(CC3(N(C)C)CCC3)CCC(CO)O4)c12. The second-order valence-electron chi connectivity index (χ2n) is 15.7. The smallest absolute Gasteiger partial charge is 0.319 e. The summed E-state index contributed by atoms with van der Waals surface area (Å²) in [4.78, 5) is 16.7. The molecule has 2 aliphatic heterocycles. The number of aromatic hydroxyl groups is 1. The van der Waals surface area contributed by atoms with Crippen molar-refractivity contribution in [3.63, 3.8) is 0 Å². The van der Waals surface area contributed by atoms with Gasteiger partial charge in [0.05, 0.1) is 24.2 Å². The van der Waals surface area contributed by atoms with Gasteiger partial charge in [-0.05, 0) is 108 Å². The third-order valence-corrected chi connectivity index (χ3v) is 12.6. The summed E-state index contributed by atoms with van der Waals surface area (Å²) in [6.45, 7) is 2.40. The van der Waals surface area contributed by atoms with Crippen molar-refractivity contribution in [3.05, 3.63) is 47.5 Å². The molecule has 2 N–H and O–H groups in total. The highest BCUT2D eigenvalue weighted by atomic mass is 19.1. The minimum absolute atomic E-state index is 0.0139. The number of nitrogens with zero attached hydrogens (tertiary/aromatic N) is 5. The maximum absolute atomic E-state index is 17.5. The van der Waals surface area contributed by atoms with Crippen molar-refractivity contribution in [2.75, 3.05) is 58.9 Å². The lowest BCUT2D eigenvalue weighted by Crippen LogP contribution is -2.58. The highest BCUT2D eigenvalue weighted by Gasteiger charge is 2.48. The van der Waals surface area contributed by atoms with Crippen molar-refractivity contribution < 1.29 is 28.5 Å². The first-order chi connectivity index (χ1) is 25.1. The van der Waals surface area contributed by atoms with Gasteiger partial charge in [0.1, 0.15) is 34.8 Å². The number of aromatic nitrogens is 2. The number of phenols is 1. The van der Waals surface area contributed by atoms with E-state index in [1.54, 1.807) is 6.07 Å². The Morgan fingerprint density at radius 2 is 1.83 bits per heavy atom. The van der Waals surface area contributed by atoms with E-state index in [9.17, 15) is 10.2 Å². The molecular weight excluding hydrogens is 664 g/mol. The molecule has 11 heteroatoms. The highest BCUT2D eigenvalue weighted by Crippen LogP contribution is 2.49. The van der Waals surface area contributed by atoms with Gasteiger partial charge >= 0.3 is 6.01 Å². The van der Waals surface area contributed by atoms with Crippen LogP contribution in [0.1, 0.15) is 63.4 Å². The van der Waals surface area contributed by atoms with Crippen LogP contribution in [-0.2, 0) is 0 Å². The fourth-order valence-corrected chi connectivity index (χ4v) is 9.57. The molecule has 3 heterocycles. The van der Waals surface area contributed by atoms with E-state index in [4.69, 9.17) is 25.9 Å². The van der Waals surface area contributed by atoms with Crippen LogP contribution < -0.4 is 14.4 Å². The summed E-state index contributed by atoms with van der Waals surface area (Å²) in [6, 6.07) is 7.64. The Hall–Kier alpha value is -4.24. The Bertz CT molecular complexity index is 2080. The lowest BCUT2D eigenvalue weighted by Gasteiger charge is -2.50. The fraction of sp³-hybridized carbons (Fsp3) is 0.512. The molecule has 1 aromatic heterocycles. The average Bonchev–Trinajstić information content (AvgIpc) is 3.55. The Labute approximate surface area is 303 Å². The van der Waals surface area contributed by atoms with Crippen LogP contribution >= 0.6 is 0 Å². The first kappa shape index (κ1) is 34.8. The van der Waals surface area contributed by atoms with E-state index in [1.165, 1.54) is 24.3 Å². The first-order valence-electron chi connectivity index (χ1n) is 18.6. The standard InChI is InChI=1S/C41H47F2N5O4/c1-5-28-31(42)11-10-25-19-26(50)20-29(34(25)28)30-21-32-35-37(36(30)43)44-39(51-24-40-13-6-9-33(40)47(4)17-8-14-40)45-38(35)48(18-12-27(22-49)52-32)23-41(46(2)3)15-7-16-41/h1,10-11,19-21,27,33,49-50H,6-9,12-18,22-24H2,2-4H3/t27?,33-,40-/m1/s1. The lowest BCUT2D eigenvalue weighted by atomic mass is 9.75. The van der Waals surface area contributed by atoms with Gasteiger partial charge in [-0.3, -0.25) is 0 Å². The molecular formula is C41H47F2N5O4. The topological polar surface area (TPSA) is 94.4 Å². The number of aliphatic hydroxyl groups is 1.